The van der Waals surface area contributed by atoms with E-state index in [4.69, 9.17) is 9.47 Å². The van der Waals surface area contributed by atoms with Gasteiger partial charge in [-0.25, -0.2) is 0 Å². The molecule has 1 unspecified atom stereocenters. The third-order valence-electron chi connectivity index (χ3n) is 3.67. The number of hydrogen-bond acceptors (Lipinski definition) is 3. The van der Waals surface area contributed by atoms with Crippen LogP contribution < -0.4 is 14.8 Å². The van der Waals surface area contributed by atoms with Gasteiger partial charge in [-0.1, -0.05) is 24.3 Å². The highest BCUT2D eigenvalue weighted by Crippen LogP contribution is 2.37. The number of nitrogens with one attached hydrogen (secondary N) is 1. The molecule has 110 valence electrons. The highest BCUT2D eigenvalue weighted by molar-refractivity contribution is 14.1. The first-order valence-corrected chi connectivity index (χ1v) is 8.16. The molecule has 1 heterocycles. The lowest BCUT2D eigenvalue weighted by molar-refractivity contribution is 0.168. The summed E-state index contributed by atoms with van der Waals surface area (Å²) in [6.45, 7) is 1.24. The summed E-state index contributed by atoms with van der Waals surface area (Å²) in [5, 5.41) is 3.39. The summed E-state index contributed by atoms with van der Waals surface area (Å²) >= 11 is 2.33. The zero-order chi connectivity index (χ0) is 14.7. The molecule has 21 heavy (non-hydrogen) atoms. The molecule has 0 bridgehead atoms. The lowest BCUT2D eigenvalue weighted by Crippen LogP contribution is -2.23. The van der Waals surface area contributed by atoms with Crippen LogP contribution in [-0.2, 0) is 6.42 Å². The van der Waals surface area contributed by atoms with E-state index in [0.717, 1.165) is 23.5 Å². The average Bonchev–Trinajstić information content (AvgIpc) is 2.54. The smallest absolute Gasteiger partial charge is 0.166 e. The van der Waals surface area contributed by atoms with Crippen molar-refractivity contribution < 1.29 is 9.47 Å². The van der Waals surface area contributed by atoms with E-state index in [2.05, 4.69) is 58.2 Å². The Kier molecular flexibility index (Phi) is 4.65. The molecular formula is C17H18INO2. The van der Waals surface area contributed by atoms with Crippen LogP contribution in [0.1, 0.15) is 17.2 Å². The maximum absolute atomic E-state index is 5.83. The minimum Gasteiger partial charge on any atom is -0.486 e. The molecule has 0 fully saturated rings. The minimum absolute atomic E-state index is 0.210. The predicted molar refractivity (Wildman–Crippen MR) is 92.1 cm³/mol. The molecule has 0 aromatic heterocycles. The van der Waals surface area contributed by atoms with Crippen LogP contribution in [0, 0.1) is 3.57 Å². The van der Waals surface area contributed by atoms with Crippen molar-refractivity contribution in [3.63, 3.8) is 0 Å². The second-order valence-electron chi connectivity index (χ2n) is 5.04. The monoisotopic (exact) mass is 395 g/mol. The first-order chi connectivity index (χ1) is 10.3. The van der Waals surface area contributed by atoms with Crippen molar-refractivity contribution in [1.29, 1.82) is 0 Å². The van der Waals surface area contributed by atoms with Crippen molar-refractivity contribution in [1.82, 2.24) is 5.32 Å². The third-order valence-corrected chi connectivity index (χ3v) is 4.39. The Labute approximate surface area is 138 Å². The van der Waals surface area contributed by atoms with Gasteiger partial charge in [-0.2, -0.15) is 0 Å². The normalized spacial score (nSPS) is 14.8. The number of rotatable bonds is 4. The summed E-state index contributed by atoms with van der Waals surface area (Å²) in [5.74, 6) is 1.73. The lowest BCUT2D eigenvalue weighted by atomic mass is 9.97. The van der Waals surface area contributed by atoms with Crippen molar-refractivity contribution >= 4 is 22.6 Å². The van der Waals surface area contributed by atoms with Gasteiger partial charge in [0.2, 0.25) is 0 Å². The van der Waals surface area contributed by atoms with Crippen LogP contribution in [0.3, 0.4) is 0 Å². The topological polar surface area (TPSA) is 30.5 Å². The quantitative estimate of drug-likeness (QED) is 0.804. The van der Waals surface area contributed by atoms with Crippen molar-refractivity contribution in [2.24, 2.45) is 0 Å². The highest BCUT2D eigenvalue weighted by atomic mass is 127. The van der Waals surface area contributed by atoms with Crippen LogP contribution in [0.15, 0.2) is 42.5 Å². The fourth-order valence-corrected chi connectivity index (χ4v) is 2.95. The largest absolute Gasteiger partial charge is 0.486 e. The van der Waals surface area contributed by atoms with Gasteiger partial charge in [-0.15, -0.1) is 0 Å². The van der Waals surface area contributed by atoms with Gasteiger partial charge in [-0.05, 0) is 59.8 Å². The van der Waals surface area contributed by atoms with Crippen LogP contribution >= 0.6 is 22.6 Å². The molecule has 2 aromatic carbocycles. The summed E-state index contributed by atoms with van der Waals surface area (Å²) in [6, 6.07) is 15.0. The highest BCUT2D eigenvalue weighted by Gasteiger charge is 2.21. The van der Waals surface area contributed by atoms with Crippen LogP contribution in [0.2, 0.25) is 0 Å². The Morgan fingerprint density at radius 3 is 2.62 bits per heavy atom. The van der Waals surface area contributed by atoms with Crippen LogP contribution in [0.4, 0.5) is 0 Å². The van der Waals surface area contributed by atoms with Gasteiger partial charge in [0.05, 0.1) is 0 Å². The van der Waals surface area contributed by atoms with Crippen LogP contribution in [0.25, 0.3) is 0 Å². The maximum Gasteiger partial charge on any atom is 0.166 e. The third kappa shape index (κ3) is 3.32. The molecule has 3 rings (SSSR count). The summed E-state index contributed by atoms with van der Waals surface area (Å²) < 4.78 is 12.8. The number of fused-ring (bicyclic) bond motifs is 1. The van der Waals surface area contributed by atoms with Gasteiger partial charge in [0, 0.05) is 15.2 Å². The van der Waals surface area contributed by atoms with E-state index < -0.39 is 0 Å². The standard InChI is InChI=1S/C17H18INO2/c1-19-15(11-12-5-7-13(18)8-6-12)14-3-2-4-16-17(14)21-10-9-20-16/h2-8,15,19H,9-11H2,1H3. The molecular weight excluding hydrogens is 377 g/mol. The van der Waals surface area contributed by atoms with Crippen LogP contribution in [-0.4, -0.2) is 20.3 Å². The lowest BCUT2D eigenvalue weighted by Gasteiger charge is -2.25. The molecule has 0 radical (unpaired) electrons. The molecule has 1 aliphatic heterocycles. The SMILES string of the molecule is CNC(Cc1ccc(I)cc1)c1cccc2c1OCCO2. The molecule has 1 N–H and O–H groups in total. The number of ether oxygens (including phenoxy) is 2. The van der Waals surface area contributed by atoms with E-state index in [1.165, 1.54) is 9.13 Å². The van der Waals surface area contributed by atoms with Crippen molar-refractivity contribution in [2.75, 3.05) is 20.3 Å². The Hall–Kier alpha value is -1.27. The Bertz CT molecular complexity index is 613. The predicted octanol–water partition coefficient (Wildman–Crippen LogP) is 3.57. The van der Waals surface area contributed by atoms with Crippen molar-refractivity contribution in [3.05, 3.63) is 57.2 Å². The average molecular weight is 395 g/mol. The fraction of sp³-hybridized carbons (Fsp3) is 0.294. The number of halogens is 1. The number of benzene rings is 2. The first-order valence-electron chi connectivity index (χ1n) is 7.08. The summed E-state index contributed by atoms with van der Waals surface area (Å²) in [4.78, 5) is 0. The number of hydrogen-bond donors (Lipinski definition) is 1. The van der Waals surface area contributed by atoms with E-state index in [1.54, 1.807) is 0 Å². The summed E-state index contributed by atoms with van der Waals surface area (Å²) in [5.41, 5.74) is 2.47. The van der Waals surface area contributed by atoms with E-state index in [-0.39, 0.29) is 6.04 Å². The molecule has 2 aromatic rings. The summed E-state index contributed by atoms with van der Waals surface area (Å²) in [7, 11) is 1.99. The van der Waals surface area contributed by atoms with Gasteiger partial charge in [0.15, 0.2) is 11.5 Å². The first kappa shape index (κ1) is 14.7. The zero-order valence-corrected chi connectivity index (χ0v) is 14.1. The van der Waals surface area contributed by atoms with Crippen molar-refractivity contribution in [3.8, 4) is 11.5 Å². The van der Waals surface area contributed by atoms with Gasteiger partial charge in [0.1, 0.15) is 13.2 Å². The molecule has 0 saturated heterocycles. The van der Waals surface area contributed by atoms with E-state index in [1.807, 2.05) is 19.2 Å². The van der Waals surface area contributed by atoms with Gasteiger partial charge in [0.25, 0.3) is 0 Å². The molecule has 1 atom stereocenters. The van der Waals surface area contributed by atoms with Crippen LogP contribution in [0.5, 0.6) is 11.5 Å². The molecule has 3 nitrogen and oxygen atoms in total. The van der Waals surface area contributed by atoms with E-state index >= 15 is 0 Å². The molecule has 0 spiro atoms. The summed E-state index contributed by atoms with van der Waals surface area (Å²) in [6.07, 6.45) is 0.924. The van der Waals surface area contributed by atoms with Gasteiger partial charge >= 0.3 is 0 Å². The molecule has 0 amide bonds. The molecule has 1 aliphatic rings. The van der Waals surface area contributed by atoms with E-state index in [0.29, 0.717) is 13.2 Å². The minimum atomic E-state index is 0.210. The second-order valence-corrected chi connectivity index (χ2v) is 6.29. The van der Waals surface area contributed by atoms with Gasteiger partial charge < -0.3 is 14.8 Å². The van der Waals surface area contributed by atoms with Gasteiger partial charge in [-0.3, -0.25) is 0 Å². The zero-order valence-electron chi connectivity index (χ0n) is 11.9. The van der Waals surface area contributed by atoms with E-state index in [9.17, 15) is 0 Å². The Morgan fingerprint density at radius 2 is 1.86 bits per heavy atom. The molecule has 0 aliphatic carbocycles. The maximum atomic E-state index is 5.83. The van der Waals surface area contributed by atoms with Crippen molar-refractivity contribution in [2.45, 2.75) is 12.5 Å². The molecule has 4 heteroatoms. The Balaban J connectivity index is 1.88. The molecule has 0 saturated carbocycles. The Morgan fingerprint density at radius 1 is 1.10 bits per heavy atom. The number of likely N-dealkylation sites (N-methyl/N-ethyl adjacent to an activating group) is 1. The number of para-hydroxylation sites is 1. The fourth-order valence-electron chi connectivity index (χ4n) is 2.59. The second kappa shape index (κ2) is 6.66.